The summed E-state index contributed by atoms with van der Waals surface area (Å²) < 4.78 is 9.48. The summed E-state index contributed by atoms with van der Waals surface area (Å²) in [7, 11) is 2.54. The standard InChI is InChI=1S/C46H60N8O6/c1-25(2)35(51-43(57)59-11)41(55)53-37(45(5,6)7)39-47-23-33(49-39)28-15-13-27(14-16-28)29-17-18-31-22-32(20-19-30(31)21-29)34-24-48-40(50-34)38(46(8,9)10)54-42(56)36(26(3)4)52-44(58)60-12/h13-26,35-38H,1-12H3,(H,47,49)(H,48,50)(H,51,57)(H,52,58)(H,53,55)(H,54,56)/t35-,36-,37+,38+/m0/s1. The van der Waals surface area contributed by atoms with Gasteiger partial charge in [-0.2, -0.15) is 0 Å². The minimum atomic E-state index is -0.776. The fourth-order valence-corrected chi connectivity index (χ4v) is 6.99. The summed E-state index contributed by atoms with van der Waals surface area (Å²) >= 11 is 0. The van der Waals surface area contributed by atoms with Gasteiger partial charge in [-0.15, -0.1) is 0 Å². The van der Waals surface area contributed by atoms with Gasteiger partial charge in [0.05, 0.1) is 50.1 Å². The number of imidazole rings is 2. The van der Waals surface area contributed by atoms with E-state index in [1.165, 1.54) is 14.2 Å². The van der Waals surface area contributed by atoms with Crippen LogP contribution in [0.1, 0.15) is 93.0 Å². The van der Waals surface area contributed by atoms with E-state index in [2.05, 4.69) is 83.7 Å². The Hall–Kier alpha value is -6.18. The number of methoxy groups -OCH3 is 2. The van der Waals surface area contributed by atoms with Crippen molar-refractivity contribution < 1.29 is 28.7 Å². The third kappa shape index (κ3) is 10.7. The van der Waals surface area contributed by atoms with E-state index in [-0.39, 0.29) is 23.7 Å². The number of hydrogen-bond acceptors (Lipinski definition) is 8. The molecule has 6 N–H and O–H groups in total. The number of carbonyl (C=O) groups excluding carboxylic acids is 4. The van der Waals surface area contributed by atoms with Gasteiger partial charge in [-0.3, -0.25) is 9.59 Å². The first-order valence-corrected chi connectivity index (χ1v) is 20.2. The van der Waals surface area contributed by atoms with E-state index < -0.39 is 47.2 Å². The molecule has 0 saturated carbocycles. The maximum absolute atomic E-state index is 13.4. The molecular weight excluding hydrogens is 761 g/mol. The van der Waals surface area contributed by atoms with Crippen molar-refractivity contribution in [3.63, 3.8) is 0 Å². The molecule has 0 bridgehead atoms. The molecule has 60 heavy (non-hydrogen) atoms. The highest BCUT2D eigenvalue weighted by Gasteiger charge is 2.35. The van der Waals surface area contributed by atoms with Crippen molar-refractivity contribution in [2.45, 2.75) is 93.4 Å². The Bertz CT molecular complexity index is 2300. The number of aromatic nitrogens is 4. The third-order valence-electron chi connectivity index (χ3n) is 10.5. The molecule has 320 valence electrons. The van der Waals surface area contributed by atoms with Crippen molar-refractivity contribution in [3.8, 4) is 33.6 Å². The van der Waals surface area contributed by atoms with Gasteiger partial charge < -0.3 is 40.7 Å². The molecule has 0 aliphatic rings. The van der Waals surface area contributed by atoms with Crippen LogP contribution in [0, 0.1) is 22.7 Å². The Kier molecular flexibility index (Phi) is 13.8. The summed E-state index contributed by atoms with van der Waals surface area (Å²) in [4.78, 5) is 66.9. The zero-order chi connectivity index (χ0) is 44.1. The predicted octanol–water partition coefficient (Wildman–Crippen LogP) is 8.46. The van der Waals surface area contributed by atoms with E-state index in [1.807, 2.05) is 87.4 Å². The van der Waals surface area contributed by atoms with Crippen molar-refractivity contribution in [2.75, 3.05) is 14.2 Å². The smallest absolute Gasteiger partial charge is 0.407 e. The Labute approximate surface area is 352 Å². The summed E-state index contributed by atoms with van der Waals surface area (Å²) in [6, 6.07) is 18.4. The lowest BCUT2D eigenvalue weighted by atomic mass is 9.85. The molecule has 0 aliphatic heterocycles. The number of ether oxygens (including phenoxy) is 2. The van der Waals surface area contributed by atoms with Crippen LogP contribution in [0.5, 0.6) is 0 Å². The van der Waals surface area contributed by atoms with Crippen LogP contribution in [0.3, 0.4) is 0 Å². The molecule has 4 amide bonds. The zero-order valence-electron chi connectivity index (χ0n) is 36.7. The van der Waals surface area contributed by atoms with E-state index in [0.29, 0.717) is 11.6 Å². The van der Waals surface area contributed by atoms with E-state index >= 15 is 0 Å². The molecular formula is C46H60N8O6. The van der Waals surface area contributed by atoms with Gasteiger partial charge >= 0.3 is 12.2 Å². The van der Waals surface area contributed by atoms with E-state index in [9.17, 15) is 19.2 Å². The highest BCUT2D eigenvalue weighted by atomic mass is 16.5. The van der Waals surface area contributed by atoms with Crippen LogP contribution in [0.4, 0.5) is 9.59 Å². The SMILES string of the molecule is COC(=O)N[C@H](C(=O)N[C@H](c1ncc(-c2ccc(-c3ccc4cc(-c5cnc([C@@H](NC(=O)[C@@H](NC(=O)OC)C(C)C)C(C)(C)C)[nH]5)ccc4c3)cc2)[nH]1)C(C)(C)C)C(C)C. The monoisotopic (exact) mass is 820 g/mol. The van der Waals surface area contributed by atoms with Crippen LogP contribution in [0.15, 0.2) is 73.1 Å². The number of nitrogens with zero attached hydrogens (tertiary/aromatic N) is 2. The molecule has 14 heteroatoms. The van der Waals surface area contributed by atoms with Gasteiger partial charge in [0.1, 0.15) is 23.7 Å². The van der Waals surface area contributed by atoms with E-state index in [0.717, 1.165) is 44.4 Å². The molecule has 0 aliphatic carbocycles. The molecule has 5 aromatic rings. The maximum Gasteiger partial charge on any atom is 0.407 e. The molecule has 0 saturated heterocycles. The molecule has 2 aromatic heterocycles. The normalized spacial score (nSPS) is 14.0. The summed E-state index contributed by atoms with van der Waals surface area (Å²) in [5.41, 5.74) is 4.86. The van der Waals surface area contributed by atoms with Crippen molar-refractivity contribution in [1.29, 1.82) is 0 Å². The molecule has 5 rings (SSSR count). The number of fused-ring (bicyclic) bond motifs is 1. The molecule has 0 spiro atoms. The molecule has 4 atom stereocenters. The van der Waals surface area contributed by atoms with Crippen LogP contribution < -0.4 is 21.3 Å². The van der Waals surface area contributed by atoms with Crippen LogP contribution in [0.2, 0.25) is 0 Å². The quantitative estimate of drug-likeness (QED) is 0.0681. The number of alkyl carbamates (subject to hydrolysis) is 2. The average Bonchev–Trinajstić information content (AvgIpc) is 3.89. The first kappa shape index (κ1) is 44.9. The predicted molar refractivity (Wildman–Crippen MR) is 234 cm³/mol. The van der Waals surface area contributed by atoms with E-state index in [1.54, 1.807) is 12.4 Å². The van der Waals surface area contributed by atoms with Crippen LogP contribution in [-0.4, -0.2) is 70.2 Å². The number of hydrogen-bond donors (Lipinski definition) is 6. The summed E-state index contributed by atoms with van der Waals surface area (Å²) in [5.74, 6) is 0.263. The van der Waals surface area contributed by atoms with Crippen molar-refractivity contribution in [2.24, 2.45) is 22.7 Å². The van der Waals surface area contributed by atoms with Crippen molar-refractivity contribution >= 4 is 34.8 Å². The minimum Gasteiger partial charge on any atom is -0.453 e. The van der Waals surface area contributed by atoms with Gasteiger partial charge in [-0.1, -0.05) is 118 Å². The Balaban J connectivity index is 1.31. The number of H-pyrrole nitrogens is 2. The van der Waals surface area contributed by atoms with Gasteiger partial charge in [0, 0.05) is 5.56 Å². The second kappa shape index (κ2) is 18.4. The highest BCUT2D eigenvalue weighted by Crippen LogP contribution is 2.35. The molecule has 2 heterocycles. The Morgan fingerprint density at radius 1 is 0.533 bits per heavy atom. The minimum absolute atomic E-state index is 0.161. The topological polar surface area (TPSA) is 192 Å². The van der Waals surface area contributed by atoms with Gasteiger partial charge in [-0.05, 0) is 62.3 Å². The van der Waals surface area contributed by atoms with Gasteiger partial charge in [0.2, 0.25) is 11.8 Å². The number of rotatable bonds is 13. The highest BCUT2D eigenvalue weighted by molar-refractivity contribution is 5.91. The number of nitrogens with one attached hydrogen (secondary N) is 6. The number of carbonyl (C=O) groups is 4. The van der Waals surface area contributed by atoms with Gasteiger partial charge in [0.15, 0.2) is 0 Å². The summed E-state index contributed by atoms with van der Waals surface area (Å²) in [6.45, 7) is 19.6. The molecule has 0 fully saturated rings. The van der Waals surface area contributed by atoms with Gasteiger partial charge in [0.25, 0.3) is 0 Å². The summed E-state index contributed by atoms with van der Waals surface area (Å²) in [6.07, 6.45) is 2.22. The third-order valence-corrected chi connectivity index (χ3v) is 10.5. The lowest BCUT2D eigenvalue weighted by Gasteiger charge is -2.32. The first-order valence-electron chi connectivity index (χ1n) is 20.2. The van der Waals surface area contributed by atoms with Crippen molar-refractivity contribution in [3.05, 3.63) is 84.7 Å². The average molecular weight is 821 g/mol. The molecule has 0 unspecified atom stereocenters. The van der Waals surface area contributed by atoms with Crippen LogP contribution in [0.25, 0.3) is 44.4 Å². The van der Waals surface area contributed by atoms with E-state index in [4.69, 9.17) is 9.47 Å². The number of benzene rings is 3. The second-order valence-electron chi connectivity index (χ2n) is 18.0. The largest absolute Gasteiger partial charge is 0.453 e. The Morgan fingerprint density at radius 3 is 1.30 bits per heavy atom. The summed E-state index contributed by atoms with van der Waals surface area (Å²) in [5, 5.41) is 13.6. The fourth-order valence-electron chi connectivity index (χ4n) is 6.99. The number of amides is 4. The van der Waals surface area contributed by atoms with Gasteiger partial charge in [-0.25, -0.2) is 19.6 Å². The molecule has 3 aromatic carbocycles. The maximum atomic E-state index is 13.4. The zero-order valence-corrected chi connectivity index (χ0v) is 36.7. The first-order chi connectivity index (χ1) is 28.2. The second-order valence-corrected chi connectivity index (χ2v) is 18.0. The lowest BCUT2D eigenvalue weighted by molar-refractivity contribution is -0.126. The van der Waals surface area contributed by atoms with Crippen LogP contribution >= 0.6 is 0 Å². The molecule has 14 nitrogen and oxygen atoms in total. The lowest BCUT2D eigenvalue weighted by Crippen LogP contribution is -2.52. The van der Waals surface area contributed by atoms with Crippen molar-refractivity contribution in [1.82, 2.24) is 41.2 Å². The fraction of sp³-hybridized carbons (Fsp3) is 0.435. The molecule has 0 radical (unpaired) electrons. The number of aromatic amines is 2. The van der Waals surface area contributed by atoms with Crippen LogP contribution in [-0.2, 0) is 19.1 Å². The Morgan fingerprint density at radius 2 is 0.900 bits per heavy atom.